The van der Waals surface area contributed by atoms with Crippen LogP contribution in [0.4, 0.5) is 15.9 Å². The van der Waals surface area contributed by atoms with Gasteiger partial charge in [-0.05, 0) is 48.1 Å². The summed E-state index contributed by atoms with van der Waals surface area (Å²) in [5.41, 5.74) is 1.03. The molecule has 0 bridgehead atoms. The van der Waals surface area contributed by atoms with Crippen LogP contribution in [0.2, 0.25) is 0 Å². The van der Waals surface area contributed by atoms with Crippen molar-refractivity contribution in [2.75, 3.05) is 45.2 Å². The van der Waals surface area contributed by atoms with Gasteiger partial charge in [-0.3, -0.25) is 4.90 Å². The first-order chi connectivity index (χ1) is 15.5. The molecule has 5 rings (SSSR count). The lowest BCUT2D eigenvalue weighted by Crippen LogP contribution is -2.54. The maximum absolute atomic E-state index is 14.5. The number of nitrogens with zero attached hydrogens (tertiary/aromatic N) is 4. The number of likely N-dealkylation sites (N-methyl/N-ethyl adjacent to an activating group) is 1. The van der Waals surface area contributed by atoms with Crippen LogP contribution < -0.4 is 14.8 Å². The Hall–Kier alpha value is -2.49. The molecule has 0 radical (unpaired) electrons. The third kappa shape index (κ3) is 4.24. The second kappa shape index (κ2) is 8.80. The van der Waals surface area contributed by atoms with Crippen molar-refractivity contribution in [2.45, 2.75) is 19.1 Å². The van der Waals surface area contributed by atoms with E-state index in [1.54, 1.807) is 18.2 Å². The van der Waals surface area contributed by atoms with Gasteiger partial charge in [0.25, 0.3) is 0 Å². The molecule has 0 amide bonds. The van der Waals surface area contributed by atoms with E-state index in [1.165, 1.54) is 6.33 Å². The Morgan fingerprint density at radius 3 is 2.94 bits per heavy atom. The zero-order valence-electron chi connectivity index (χ0n) is 18.0. The second-order valence-corrected chi connectivity index (χ2v) is 9.28. The first-order valence-corrected chi connectivity index (χ1v) is 11.5. The number of ether oxygens (including phenoxy) is 2. The molecule has 2 atom stereocenters. The molecule has 3 heterocycles. The van der Waals surface area contributed by atoms with Gasteiger partial charge < -0.3 is 19.7 Å². The summed E-state index contributed by atoms with van der Waals surface area (Å²) in [6.07, 6.45) is 1.39. The molecule has 1 unspecified atom stereocenters. The lowest BCUT2D eigenvalue weighted by atomic mass is 10.1. The summed E-state index contributed by atoms with van der Waals surface area (Å²) < 4.78 is 27.2. The van der Waals surface area contributed by atoms with Gasteiger partial charge in [0.05, 0.1) is 15.7 Å². The van der Waals surface area contributed by atoms with Crippen molar-refractivity contribution in [3.05, 3.63) is 46.9 Å². The molecule has 1 saturated heterocycles. The third-order valence-corrected chi connectivity index (χ3v) is 6.64. The Morgan fingerprint density at radius 2 is 2.09 bits per heavy atom. The minimum absolute atomic E-state index is 0.0608. The summed E-state index contributed by atoms with van der Waals surface area (Å²) in [6.45, 7) is 6.67. The van der Waals surface area contributed by atoms with E-state index in [2.05, 4.69) is 55.0 Å². The molecule has 2 aliphatic heterocycles. The standard InChI is InChI=1S/C23H25BrFN5O2/c1-14-10-29(2)6-7-30(14)11-15-12-31-20-9-19-16(8-21(20)32-15)23(27-13-26-19)28-18-5-3-4-17(24)22(18)25/h3-5,8-9,13-15H,6-7,10-12H2,1-2H3,(H,26,27,28)/t14-,15?/m1/s1. The molecular weight excluding hydrogens is 477 g/mol. The number of aromatic nitrogens is 2. The molecule has 1 N–H and O–H groups in total. The Morgan fingerprint density at radius 1 is 1.22 bits per heavy atom. The van der Waals surface area contributed by atoms with Gasteiger partial charge in [0.15, 0.2) is 17.3 Å². The highest BCUT2D eigenvalue weighted by Crippen LogP contribution is 2.38. The predicted octanol–water partition coefficient (Wildman–Crippen LogP) is 4.05. The first kappa shape index (κ1) is 21.4. The van der Waals surface area contributed by atoms with Crippen molar-refractivity contribution in [1.82, 2.24) is 19.8 Å². The highest BCUT2D eigenvalue weighted by Gasteiger charge is 2.28. The molecule has 3 aromatic rings. The van der Waals surface area contributed by atoms with Crippen molar-refractivity contribution < 1.29 is 13.9 Å². The van der Waals surface area contributed by atoms with Gasteiger partial charge in [0, 0.05) is 43.7 Å². The topological polar surface area (TPSA) is 62.8 Å². The molecular formula is C23H25BrFN5O2. The molecule has 9 heteroatoms. The van der Waals surface area contributed by atoms with E-state index in [-0.39, 0.29) is 11.9 Å². The number of piperazine rings is 1. The summed E-state index contributed by atoms with van der Waals surface area (Å²) >= 11 is 3.22. The van der Waals surface area contributed by atoms with Crippen LogP contribution in [-0.2, 0) is 0 Å². The molecule has 7 nitrogen and oxygen atoms in total. The third-order valence-electron chi connectivity index (χ3n) is 6.03. The lowest BCUT2D eigenvalue weighted by molar-refractivity contribution is 0.0238. The van der Waals surface area contributed by atoms with E-state index in [4.69, 9.17) is 9.47 Å². The highest BCUT2D eigenvalue weighted by atomic mass is 79.9. The summed E-state index contributed by atoms with van der Waals surface area (Å²) in [7, 11) is 2.16. The number of halogens is 2. The number of benzene rings is 2. The van der Waals surface area contributed by atoms with E-state index in [1.807, 2.05) is 12.1 Å². The maximum atomic E-state index is 14.5. The quantitative estimate of drug-likeness (QED) is 0.578. The SMILES string of the molecule is C[C@@H]1CN(C)CCN1CC1COc2cc3ncnc(Nc4cccc(Br)c4F)c3cc2O1. The monoisotopic (exact) mass is 501 g/mol. The Labute approximate surface area is 194 Å². The highest BCUT2D eigenvalue weighted by molar-refractivity contribution is 9.10. The summed E-state index contributed by atoms with van der Waals surface area (Å²) in [6, 6.07) is 9.29. The van der Waals surface area contributed by atoms with Crippen LogP contribution in [0.3, 0.4) is 0 Å². The number of fused-ring (bicyclic) bond motifs is 2. The van der Waals surface area contributed by atoms with Crippen molar-refractivity contribution in [2.24, 2.45) is 0 Å². The average molecular weight is 502 g/mol. The fraction of sp³-hybridized carbons (Fsp3) is 0.391. The number of hydrogen-bond donors (Lipinski definition) is 1. The maximum Gasteiger partial charge on any atom is 0.163 e. The van der Waals surface area contributed by atoms with E-state index in [0.717, 1.165) is 31.6 Å². The number of anilines is 2. The van der Waals surface area contributed by atoms with Crippen LogP contribution in [0, 0.1) is 5.82 Å². The van der Waals surface area contributed by atoms with Crippen LogP contribution in [-0.4, -0.2) is 71.7 Å². The van der Waals surface area contributed by atoms with E-state index >= 15 is 0 Å². The largest absolute Gasteiger partial charge is 0.486 e. The van der Waals surface area contributed by atoms with Gasteiger partial charge in [-0.15, -0.1) is 0 Å². The Kier molecular flexibility index (Phi) is 5.88. The first-order valence-electron chi connectivity index (χ1n) is 10.7. The van der Waals surface area contributed by atoms with E-state index < -0.39 is 0 Å². The molecule has 0 saturated carbocycles. The lowest BCUT2D eigenvalue weighted by Gasteiger charge is -2.40. The molecule has 2 aliphatic rings. The van der Waals surface area contributed by atoms with Crippen LogP contribution >= 0.6 is 15.9 Å². The van der Waals surface area contributed by atoms with Crippen LogP contribution in [0.15, 0.2) is 41.1 Å². The summed E-state index contributed by atoms with van der Waals surface area (Å²) in [5, 5.41) is 3.82. The second-order valence-electron chi connectivity index (χ2n) is 8.42. The van der Waals surface area contributed by atoms with Gasteiger partial charge >= 0.3 is 0 Å². The van der Waals surface area contributed by atoms with Gasteiger partial charge in [-0.1, -0.05) is 6.07 Å². The van der Waals surface area contributed by atoms with Gasteiger partial charge in [-0.25, -0.2) is 14.4 Å². The fourth-order valence-electron chi connectivity index (χ4n) is 4.29. The van der Waals surface area contributed by atoms with Gasteiger partial charge in [0.2, 0.25) is 0 Å². The molecule has 168 valence electrons. The Bertz CT molecular complexity index is 1150. The summed E-state index contributed by atoms with van der Waals surface area (Å²) in [4.78, 5) is 13.5. The number of nitrogens with one attached hydrogen (secondary N) is 1. The average Bonchev–Trinajstić information content (AvgIpc) is 2.78. The molecule has 0 aliphatic carbocycles. The van der Waals surface area contributed by atoms with Crippen molar-refractivity contribution in [3.8, 4) is 11.5 Å². The molecule has 1 fully saturated rings. The number of rotatable bonds is 4. The van der Waals surface area contributed by atoms with Crippen LogP contribution in [0.1, 0.15) is 6.92 Å². The number of hydrogen-bond acceptors (Lipinski definition) is 7. The smallest absolute Gasteiger partial charge is 0.163 e. The zero-order valence-corrected chi connectivity index (χ0v) is 19.6. The van der Waals surface area contributed by atoms with Crippen molar-refractivity contribution in [3.63, 3.8) is 0 Å². The van der Waals surface area contributed by atoms with Gasteiger partial charge in [-0.2, -0.15) is 0 Å². The molecule has 2 aromatic carbocycles. The summed E-state index contributed by atoms with van der Waals surface area (Å²) in [5.74, 6) is 1.45. The van der Waals surface area contributed by atoms with Gasteiger partial charge in [0.1, 0.15) is 24.9 Å². The predicted molar refractivity (Wildman–Crippen MR) is 125 cm³/mol. The van der Waals surface area contributed by atoms with Crippen molar-refractivity contribution in [1.29, 1.82) is 0 Å². The zero-order chi connectivity index (χ0) is 22.2. The van der Waals surface area contributed by atoms with E-state index in [9.17, 15) is 4.39 Å². The molecule has 32 heavy (non-hydrogen) atoms. The Balaban J connectivity index is 1.40. The normalized spacial score (nSPS) is 21.6. The minimum atomic E-state index is -0.377. The van der Waals surface area contributed by atoms with Crippen LogP contribution in [0.25, 0.3) is 10.9 Å². The molecule has 0 spiro atoms. The minimum Gasteiger partial charge on any atom is -0.486 e. The fourth-order valence-corrected chi connectivity index (χ4v) is 4.66. The molecule has 1 aromatic heterocycles. The van der Waals surface area contributed by atoms with E-state index in [0.29, 0.717) is 45.6 Å². The van der Waals surface area contributed by atoms with Crippen LogP contribution in [0.5, 0.6) is 11.5 Å². The van der Waals surface area contributed by atoms with Crippen molar-refractivity contribution >= 4 is 38.3 Å².